The predicted molar refractivity (Wildman–Crippen MR) is 115 cm³/mol. The Morgan fingerprint density at radius 2 is 2.00 bits per heavy atom. The first kappa shape index (κ1) is 20.7. The maximum Gasteiger partial charge on any atom is 0.217 e. The number of hydrogen-bond acceptors (Lipinski definition) is 5. The van der Waals surface area contributed by atoms with E-state index >= 15 is 0 Å². The topological polar surface area (TPSA) is 69.7 Å². The molecule has 1 aliphatic rings. The number of nitrogens with zero attached hydrogens (tertiary/aromatic N) is 1. The van der Waals surface area contributed by atoms with E-state index in [2.05, 4.69) is 32.9 Å². The fraction of sp³-hybridized carbons (Fsp3) is 0.429. The van der Waals surface area contributed by atoms with E-state index in [1.54, 1.807) is 12.3 Å². The number of hydrogen-bond donors (Lipinski definition) is 1. The maximum absolute atomic E-state index is 11.0. The molecule has 28 heavy (non-hydrogen) atoms. The lowest BCUT2D eigenvalue weighted by molar-refractivity contribution is -0.119. The molecule has 6 nitrogen and oxygen atoms in total. The Labute approximate surface area is 179 Å². The SMILES string of the molecule is CC(=O)NC(C)COc1ccc(OCc2ccc(OCC3CC3)cc2I)nc1. The highest BCUT2D eigenvalue weighted by Crippen LogP contribution is 2.30. The molecule has 0 bridgehead atoms. The molecule has 3 rings (SSSR count). The number of halogens is 1. The number of carbonyl (C=O) groups is 1. The molecule has 1 saturated carbocycles. The molecule has 1 N–H and O–H groups in total. The molecule has 150 valence electrons. The van der Waals surface area contributed by atoms with Crippen molar-refractivity contribution < 1.29 is 19.0 Å². The Hall–Kier alpha value is -2.03. The van der Waals surface area contributed by atoms with Gasteiger partial charge in [0.05, 0.1) is 18.8 Å². The number of aromatic nitrogens is 1. The molecule has 1 atom stereocenters. The molecule has 0 spiro atoms. The number of rotatable bonds is 10. The van der Waals surface area contributed by atoms with Crippen molar-refractivity contribution in [3.63, 3.8) is 0 Å². The van der Waals surface area contributed by atoms with Gasteiger partial charge in [0.1, 0.15) is 24.7 Å². The van der Waals surface area contributed by atoms with E-state index in [0.29, 0.717) is 24.8 Å². The zero-order valence-electron chi connectivity index (χ0n) is 16.1. The van der Waals surface area contributed by atoms with E-state index in [-0.39, 0.29) is 11.9 Å². The van der Waals surface area contributed by atoms with Crippen LogP contribution in [0.1, 0.15) is 32.3 Å². The Morgan fingerprint density at radius 3 is 2.64 bits per heavy atom. The Morgan fingerprint density at radius 1 is 1.21 bits per heavy atom. The van der Waals surface area contributed by atoms with Gasteiger partial charge in [0.2, 0.25) is 11.8 Å². The van der Waals surface area contributed by atoms with Gasteiger partial charge in [-0.05, 0) is 66.5 Å². The Balaban J connectivity index is 1.45. The highest BCUT2D eigenvalue weighted by molar-refractivity contribution is 14.1. The first-order valence-electron chi connectivity index (χ1n) is 9.39. The van der Waals surface area contributed by atoms with Crippen molar-refractivity contribution in [2.75, 3.05) is 13.2 Å². The van der Waals surface area contributed by atoms with Crippen LogP contribution in [0, 0.1) is 9.49 Å². The van der Waals surface area contributed by atoms with Crippen LogP contribution in [0.2, 0.25) is 0 Å². The molecule has 1 amide bonds. The highest BCUT2D eigenvalue weighted by Gasteiger charge is 2.22. The molecule has 0 radical (unpaired) electrons. The summed E-state index contributed by atoms with van der Waals surface area (Å²) >= 11 is 2.30. The minimum atomic E-state index is -0.0740. The molecule has 1 unspecified atom stereocenters. The van der Waals surface area contributed by atoms with Crippen LogP contribution < -0.4 is 19.5 Å². The smallest absolute Gasteiger partial charge is 0.217 e. The van der Waals surface area contributed by atoms with Crippen LogP contribution in [0.25, 0.3) is 0 Å². The summed E-state index contributed by atoms with van der Waals surface area (Å²) in [6.45, 7) is 5.01. The fourth-order valence-corrected chi connectivity index (χ4v) is 3.17. The van der Waals surface area contributed by atoms with Crippen molar-refractivity contribution in [2.45, 2.75) is 39.3 Å². The van der Waals surface area contributed by atoms with E-state index in [1.165, 1.54) is 19.8 Å². The summed E-state index contributed by atoms with van der Waals surface area (Å²) in [6.07, 6.45) is 4.19. The standard InChI is InChI=1S/C21H25IN2O4/c1-14(24-15(2)25)11-26-19-7-8-21(23-10-19)28-13-17-5-6-18(9-20(17)22)27-12-16-3-4-16/h5-10,14,16H,3-4,11-13H2,1-2H3,(H,24,25). The lowest BCUT2D eigenvalue weighted by atomic mass is 10.2. The van der Waals surface area contributed by atoms with Crippen LogP contribution in [-0.4, -0.2) is 30.1 Å². The lowest BCUT2D eigenvalue weighted by Gasteiger charge is -2.14. The Kier molecular flexibility index (Phi) is 7.36. The van der Waals surface area contributed by atoms with Crippen LogP contribution in [0.15, 0.2) is 36.5 Å². The number of amides is 1. The molecule has 2 aromatic rings. The minimum absolute atomic E-state index is 0.0632. The third-order valence-corrected chi connectivity index (χ3v) is 5.25. The molecule has 1 aromatic carbocycles. The molecule has 1 aliphatic carbocycles. The highest BCUT2D eigenvalue weighted by atomic mass is 127. The first-order valence-corrected chi connectivity index (χ1v) is 10.5. The van der Waals surface area contributed by atoms with Crippen LogP contribution in [0.3, 0.4) is 0 Å². The van der Waals surface area contributed by atoms with Crippen molar-refractivity contribution >= 4 is 28.5 Å². The summed E-state index contributed by atoms with van der Waals surface area (Å²) in [4.78, 5) is 15.3. The van der Waals surface area contributed by atoms with Gasteiger partial charge >= 0.3 is 0 Å². The van der Waals surface area contributed by atoms with Gasteiger partial charge in [-0.25, -0.2) is 4.98 Å². The van der Waals surface area contributed by atoms with Gasteiger partial charge in [-0.3, -0.25) is 4.79 Å². The summed E-state index contributed by atoms with van der Waals surface area (Å²) in [5, 5.41) is 2.77. The normalized spacial score (nSPS) is 14.2. The first-order chi connectivity index (χ1) is 13.5. The Bertz CT molecular complexity index is 793. The van der Waals surface area contributed by atoms with Gasteiger partial charge in [-0.1, -0.05) is 6.07 Å². The second-order valence-electron chi connectivity index (χ2n) is 7.04. The van der Waals surface area contributed by atoms with Crippen molar-refractivity contribution in [1.82, 2.24) is 10.3 Å². The van der Waals surface area contributed by atoms with Gasteiger partial charge < -0.3 is 19.5 Å². The number of carbonyl (C=O) groups excluding carboxylic acids is 1. The van der Waals surface area contributed by atoms with Crippen LogP contribution in [-0.2, 0) is 11.4 Å². The van der Waals surface area contributed by atoms with E-state index in [0.717, 1.165) is 27.4 Å². The molecule has 0 saturated heterocycles. The zero-order chi connectivity index (χ0) is 19.9. The predicted octanol–water partition coefficient (Wildman–Crippen LogP) is 3.96. The van der Waals surface area contributed by atoms with Crippen LogP contribution in [0.4, 0.5) is 0 Å². The summed E-state index contributed by atoms with van der Waals surface area (Å²) in [5.41, 5.74) is 1.09. The molecule has 1 heterocycles. The van der Waals surface area contributed by atoms with Gasteiger partial charge in [-0.2, -0.15) is 0 Å². The number of nitrogens with one attached hydrogen (secondary N) is 1. The fourth-order valence-electron chi connectivity index (χ4n) is 2.53. The summed E-state index contributed by atoms with van der Waals surface area (Å²) in [7, 11) is 0. The molecular formula is C21H25IN2O4. The average Bonchev–Trinajstić information content (AvgIpc) is 3.49. The summed E-state index contributed by atoms with van der Waals surface area (Å²) < 4.78 is 18.3. The van der Waals surface area contributed by atoms with Gasteiger partial charge in [0, 0.05) is 22.1 Å². The molecule has 7 heteroatoms. The largest absolute Gasteiger partial charge is 0.493 e. The van der Waals surface area contributed by atoms with E-state index < -0.39 is 0 Å². The molecule has 0 aliphatic heterocycles. The second-order valence-corrected chi connectivity index (χ2v) is 8.20. The molecule has 1 fully saturated rings. The lowest BCUT2D eigenvalue weighted by Crippen LogP contribution is -2.35. The van der Waals surface area contributed by atoms with E-state index in [1.807, 2.05) is 31.2 Å². The average molecular weight is 496 g/mol. The zero-order valence-corrected chi connectivity index (χ0v) is 18.3. The van der Waals surface area contributed by atoms with Gasteiger partial charge in [-0.15, -0.1) is 0 Å². The van der Waals surface area contributed by atoms with Crippen molar-refractivity contribution in [3.05, 3.63) is 45.7 Å². The van der Waals surface area contributed by atoms with E-state index in [4.69, 9.17) is 14.2 Å². The van der Waals surface area contributed by atoms with Gasteiger partial charge in [0.15, 0.2) is 0 Å². The summed E-state index contributed by atoms with van der Waals surface area (Å²) in [5.74, 6) is 2.75. The summed E-state index contributed by atoms with van der Waals surface area (Å²) in [6, 6.07) is 9.59. The molecular weight excluding hydrogens is 471 g/mol. The number of ether oxygens (including phenoxy) is 3. The quantitative estimate of drug-likeness (QED) is 0.505. The maximum atomic E-state index is 11.0. The molecule has 1 aromatic heterocycles. The van der Waals surface area contributed by atoms with Crippen LogP contribution >= 0.6 is 22.6 Å². The van der Waals surface area contributed by atoms with Gasteiger partial charge in [0.25, 0.3) is 0 Å². The monoisotopic (exact) mass is 496 g/mol. The third kappa shape index (κ3) is 6.85. The number of benzene rings is 1. The van der Waals surface area contributed by atoms with Crippen molar-refractivity contribution in [1.29, 1.82) is 0 Å². The number of pyridine rings is 1. The minimum Gasteiger partial charge on any atom is -0.493 e. The van der Waals surface area contributed by atoms with Crippen molar-refractivity contribution in [3.8, 4) is 17.4 Å². The van der Waals surface area contributed by atoms with E-state index in [9.17, 15) is 4.79 Å². The third-order valence-electron chi connectivity index (χ3n) is 4.24. The second kappa shape index (κ2) is 9.95. The van der Waals surface area contributed by atoms with Crippen LogP contribution in [0.5, 0.6) is 17.4 Å². The van der Waals surface area contributed by atoms with Crippen molar-refractivity contribution in [2.24, 2.45) is 5.92 Å².